The first-order chi connectivity index (χ1) is 14.4. The number of imide groups is 1. The van der Waals surface area contributed by atoms with Gasteiger partial charge >= 0.3 is 6.03 Å². The number of ether oxygens (including phenoxy) is 1. The Labute approximate surface area is 171 Å². The molecule has 1 saturated heterocycles. The van der Waals surface area contributed by atoms with E-state index in [9.17, 15) is 14.4 Å². The van der Waals surface area contributed by atoms with Crippen molar-refractivity contribution in [2.45, 2.75) is 12.1 Å². The van der Waals surface area contributed by atoms with Gasteiger partial charge in [-0.25, -0.2) is 4.79 Å². The predicted molar refractivity (Wildman–Crippen MR) is 108 cm³/mol. The Morgan fingerprint density at radius 3 is 2.80 bits per heavy atom. The first-order valence-electron chi connectivity index (χ1n) is 9.37. The summed E-state index contributed by atoms with van der Waals surface area (Å²) in [5, 5.41) is 4.93. The zero-order valence-electron chi connectivity index (χ0n) is 16.3. The molecule has 0 bridgehead atoms. The minimum atomic E-state index is -1.55. The van der Waals surface area contributed by atoms with Gasteiger partial charge in [0.2, 0.25) is 0 Å². The summed E-state index contributed by atoms with van der Waals surface area (Å²) in [5.41, 5.74) is 1.64. The molecular formula is C20H17BN4O5. The maximum absolute atomic E-state index is 13.0. The minimum Gasteiger partial charge on any atom is -0.497 e. The molecule has 3 aromatic rings. The number of hydrogen-bond donors (Lipinski definition) is 2. The monoisotopic (exact) mass is 404 g/mol. The SMILES string of the molecule is Bc1ccc2oc([C@]3(CN4Cc5ccc(OC)cc5C4=O)NC(=O)NC3=O)cc2n1. The standard InChI is InChI=1S/C20H17BN4O5/c1-29-11-3-2-10-8-25(17(26)12(10)6-11)9-20(18(27)23-19(28)24-20)15-7-13-14(30-15)4-5-16(21)22-13/h2-7H,8-9,21H2,1H3,(H2,23,24,27,28)/t20-/m0/s1. The van der Waals surface area contributed by atoms with Crippen molar-refractivity contribution in [3.63, 3.8) is 0 Å². The molecule has 150 valence electrons. The molecule has 2 aliphatic rings. The average molecular weight is 404 g/mol. The molecular weight excluding hydrogens is 387 g/mol. The lowest BCUT2D eigenvalue weighted by atomic mass is 9.95. The fourth-order valence-electron chi connectivity index (χ4n) is 3.97. The van der Waals surface area contributed by atoms with E-state index in [0.717, 1.165) is 11.2 Å². The molecule has 4 heterocycles. The van der Waals surface area contributed by atoms with E-state index in [-0.39, 0.29) is 18.2 Å². The predicted octanol–water partition coefficient (Wildman–Crippen LogP) is -0.215. The van der Waals surface area contributed by atoms with E-state index in [2.05, 4.69) is 15.6 Å². The van der Waals surface area contributed by atoms with Crippen LogP contribution in [0.3, 0.4) is 0 Å². The van der Waals surface area contributed by atoms with Gasteiger partial charge in [-0.15, -0.1) is 0 Å². The number of furan rings is 1. The molecule has 2 N–H and O–H groups in total. The van der Waals surface area contributed by atoms with Gasteiger partial charge in [0.05, 0.1) is 13.7 Å². The van der Waals surface area contributed by atoms with Crippen LogP contribution in [0.2, 0.25) is 0 Å². The van der Waals surface area contributed by atoms with Crippen LogP contribution >= 0.6 is 0 Å². The van der Waals surface area contributed by atoms with Gasteiger partial charge in [-0.1, -0.05) is 6.07 Å². The van der Waals surface area contributed by atoms with E-state index in [0.29, 0.717) is 29.0 Å². The molecule has 10 heteroatoms. The van der Waals surface area contributed by atoms with Crippen LogP contribution in [0, 0.1) is 0 Å². The molecule has 1 aromatic carbocycles. The van der Waals surface area contributed by atoms with E-state index < -0.39 is 17.5 Å². The summed E-state index contributed by atoms with van der Waals surface area (Å²) in [5.74, 6) is -0.0310. The number of urea groups is 1. The van der Waals surface area contributed by atoms with Gasteiger partial charge in [-0.05, 0) is 35.4 Å². The van der Waals surface area contributed by atoms with Crippen LogP contribution in [-0.4, -0.2) is 49.2 Å². The maximum Gasteiger partial charge on any atom is 0.322 e. The third-order valence-corrected chi connectivity index (χ3v) is 5.50. The highest BCUT2D eigenvalue weighted by Crippen LogP contribution is 2.34. The Balaban J connectivity index is 1.55. The molecule has 0 spiro atoms. The second-order valence-electron chi connectivity index (χ2n) is 7.44. The van der Waals surface area contributed by atoms with E-state index in [1.165, 1.54) is 12.0 Å². The number of carbonyl (C=O) groups excluding carboxylic acids is 3. The highest BCUT2D eigenvalue weighted by molar-refractivity contribution is 6.31. The summed E-state index contributed by atoms with van der Waals surface area (Å²) in [7, 11) is 3.38. The van der Waals surface area contributed by atoms with Crippen molar-refractivity contribution >= 4 is 42.4 Å². The number of rotatable bonds is 4. The van der Waals surface area contributed by atoms with Gasteiger partial charge < -0.3 is 19.4 Å². The Hall–Kier alpha value is -3.82. The van der Waals surface area contributed by atoms with Gasteiger partial charge in [-0.2, -0.15) is 0 Å². The Morgan fingerprint density at radius 2 is 2.07 bits per heavy atom. The van der Waals surface area contributed by atoms with Crippen LogP contribution in [0.15, 0.2) is 40.8 Å². The lowest BCUT2D eigenvalue weighted by Gasteiger charge is -2.28. The first-order valence-corrected chi connectivity index (χ1v) is 9.37. The summed E-state index contributed by atoms with van der Waals surface area (Å²) < 4.78 is 11.1. The van der Waals surface area contributed by atoms with Crippen LogP contribution in [0.1, 0.15) is 21.7 Å². The van der Waals surface area contributed by atoms with E-state index >= 15 is 0 Å². The van der Waals surface area contributed by atoms with Gasteiger partial charge in [0.1, 0.15) is 17.0 Å². The third kappa shape index (κ3) is 2.64. The summed E-state index contributed by atoms with van der Waals surface area (Å²) >= 11 is 0. The second kappa shape index (κ2) is 6.34. The van der Waals surface area contributed by atoms with E-state index in [1.807, 2.05) is 13.9 Å². The number of methoxy groups -OCH3 is 1. The molecule has 0 unspecified atom stereocenters. The van der Waals surface area contributed by atoms with E-state index in [1.54, 1.807) is 30.3 Å². The molecule has 4 amide bonds. The van der Waals surface area contributed by atoms with Crippen LogP contribution in [-0.2, 0) is 16.9 Å². The molecule has 2 aromatic heterocycles. The zero-order chi connectivity index (χ0) is 21.0. The highest BCUT2D eigenvalue weighted by Gasteiger charge is 2.53. The van der Waals surface area contributed by atoms with Crippen molar-refractivity contribution in [3.05, 3.63) is 53.3 Å². The molecule has 9 nitrogen and oxygen atoms in total. The van der Waals surface area contributed by atoms with Crippen molar-refractivity contribution < 1.29 is 23.5 Å². The lowest BCUT2D eigenvalue weighted by molar-refractivity contribution is -0.125. The number of amides is 4. The van der Waals surface area contributed by atoms with Crippen molar-refractivity contribution in [1.82, 2.24) is 20.5 Å². The molecule has 0 aliphatic carbocycles. The van der Waals surface area contributed by atoms with Gasteiger partial charge in [0, 0.05) is 18.2 Å². The summed E-state index contributed by atoms with van der Waals surface area (Å²) in [6.45, 7) is 0.222. The molecule has 1 fully saturated rings. The Kier molecular flexibility index (Phi) is 3.86. The van der Waals surface area contributed by atoms with Gasteiger partial charge in [-0.3, -0.25) is 19.9 Å². The summed E-state index contributed by atoms with van der Waals surface area (Å²) in [6.07, 6.45) is 0. The molecule has 30 heavy (non-hydrogen) atoms. The summed E-state index contributed by atoms with van der Waals surface area (Å²) in [6, 6.07) is 9.81. The molecule has 2 aliphatic heterocycles. The number of aromatic nitrogens is 1. The van der Waals surface area contributed by atoms with Crippen LogP contribution in [0.5, 0.6) is 5.75 Å². The lowest BCUT2D eigenvalue weighted by Crippen LogP contribution is -2.52. The number of fused-ring (bicyclic) bond motifs is 2. The molecule has 5 rings (SSSR count). The number of nitrogens with one attached hydrogen (secondary N) is 2. The van der Waals surface area contributed by atoms with Gasteiger partial charge in [0.15, 0.2) is 19.0 Å². The molecule has 1 atom stereocenters. The van der Waals surface area contributed by atoms with Crippen LogP contribution < -0.4 is 21.0 Å². The molecule has 0 saturated carbocycles. The fourth-order valence-corrected chi connectivity index (χ4v) is 3.97. The Morgan fingerprint density at radius 1 is 1.23 bits per heavy atom. The van der Waals surface area contributed by atoms with Crippen molar-refractivity contribution in [2.75, 3.05) is 13.7 Å². The van der Waals surface area contributed by atoms with Crippen molar-refractivity contribution in [1.29, 1.82) is 0 Å². The summed E-state index contributed by atoms with van der Waals surface area (Å²) in [4.78, 5) is 43.9. The van der Waals surface area contributed by atoms with Crippen LogP contribution in [0.4, 0.5) is 4.79 Å². The fraction of sp³-hybridized carbons (Fsp3) is 0.200. The zero-order valence-corrected chi connectivity index (χ0v) is 16.3. The maximum atomic E-state index is 13.0. The van der Waals surface area contributed by atoms with Gasteiger partial charge in [0.25, 0.3) is 11.8 Å². The third-order valence-electron chi connectivity index (χ3n) is 5.50. The average Bonchev–Trinajstić information content (AvgIpc) is 3.36. The Bertz CT molecular complexity index is 1240. The smallest absolute Gasteiger partial charge is 0.322 e. The quantitative estimate of drug-likeness (QED) is 0.460. The number of benzene rings is 1. The topological polar surface area (TPSA) is 114 Å². The molecule has 0 radical (unpaired) electrons. The number of pyridine rings is 1. The largest absolute Gasteiger partial charge is 0.497 e. The van der Waals surface area contributed by atoms with Crippen molar-refractivity contribution in [2.24, 2.45) is 0 Å². The number of hydrogen-bond acceptors (Lipinski definition) is 6. The second-order valence-corrected chi connectivity index (χ2v) is 7.44. The van der Waals surface area contributed by atoms with E-state index in [4.69, 9.17) is 9.15 Å². The van der Waals surface area contributed by atoms with Crippen molar-refractivity contribution in [3.8, 4) is 5.75 Å². The first kappa shape index (κ1) is 18.2. The minimum absolute atomic E-state index is 0.0841. The number of nitrogens with zero attached hydrogens (tertiary/aromatic N) is 2. The number of carbonyl (C=O) groups is 3. The normalized spacial score (nSPS) is 20.4. The highest BCUT2D eigenvalue weighted by atomic mass is 16.5. The van der Waals surface area contributed by atoms with Crippen LogP contribution in [0.25, 0.3) is 11.1 Å².